The van der Waals surface area contributed by atoms with E-state index in [9.17, 15) is 0 Å². The summed E-state index contributed by atoms with van der Waals surface area (Å²) in [5.41, 5.74) is 3.10. The van der Waals surface area contributed by atoms with E-state index in [1.165, 1.54) is 37.8 Å². The van der Waals surface area contributed by atoms with Gasteiger partial charge in [-0.15, -0.1) is 0 Å². The fourth-order valence-corrected chi connectivity index (χ4v) is 1.78. The molecular weight excluding hydrogens is 146 g/mol. The minimum absolute atomic E-state index is 0.591. The number of hydrogen-bond donors (Lipinski definition) is 1. The van der Waals surface area contributed by atoms with Crippen molar-refractivity contribution in [3.63, 3.8) is 0 Å². The Balaban J connectivity index is 2.55. The van der Waals surface area contributed by atoms with Gasteiger partial charge in [-0.25, -0.2) is 0 Å². The van der Waals surface area contributed by atoms with Crippen molar-refractivity contribution in [3.05, 3.63) is 11.3 Å². The molecule has 1 aliphatic carbocycles. The van der Waals surface area contributed by atoms with Crippen LogP contribution in [0.2, 0.25) is 0 Å². The van der Waals surface area contributed by atoms with Gasteiger partial charge in [-0.3, -0.25) is 0 Å². The first kappa shape index (κ1) is 9.63. The molecule has 0 amide bonds. The van der Waals surface area contributed by atoms with Crippen molar-refractivity contribution in [3.8, 4) is 0 Å². The van der Waals surface area contributed by atoms with E-state index in [2.05, 4.69) is 26.1 Å². The molecule has 0 spiro atoms. The van der Waals surface area contributed by atoms with Gasteiger partial charge in [-0.05, 0) is 46.5 Å². The van der Waals surface area contributed by atoms with Crippen LogP contribution in [0.15, 0.2) is 11.3 Å². The average Bonchev–Trinajstić information content (AvgIpc) is 2.16. The van der Waals surface area contributed by atoms with Crippen molar-refractivity contribution in [2.24, 2.45) is 0 Å². The molecule has 0 aromatic rings. The van der Waals surface area contributed by atoms with Crippen LogP contribution in [0.3, 0.4) is 0 Å². The van der Waals surface area contributed by atoms with Gasteiger partial charge in [0.25, 0.3) is 0 Å². The highest BCUT2D eigenvalue weighted by atomic mass is 14.9. The first-order valence-electron chi connectivity index (χ1n) is 5.15. The predicted molar refractivity (Wildman–Crippen MR) is 54.1 cm³/mol. The van der Waals surface area contributed by atoms with Gasteiger partial charge < -0.3 is 5.32 Å². The maximum absolute atomic E-state index is 3.55. The fraction of sp³-hybridized carbons (Fsp3) is 0.818. The molecule has 1 heteroatoms. The number of allylic oxidation sites excluding steroid dienone is 2. The van der Waals surface area contributed by atoms with Gasteiger partial charge in [0.15, 0.2) is 0 Å². The molecule has 12 heavy (non-hydrogen) atoms. The molecule has 1 N–H and O–H groups in total. The highest BCUT2D eigenvalue weighted by molar-refractivity contribution is 5.12. The van der Waals surface area contributed by atoms with Gasteiger partial charge in [0.2, 0.25) is 0 Å². The Morgan fingerprint density at radius 1 is 1.08 bits per heavy atom. The Kier molecular flexibility index (Phi) is 3.64. The molecule has 0 heterocycles. The smallest absolute Gasteiger partial charge is 0.0201 e. The van der Waals surface area contributed by atoms with Crippen LogP contribution in [0, 0.1) is 0 Å². The van der Waals surface area contributed by atoms with Gasteiger partial charge in [-0.2, -0.15) is 0 Å². The topological polar surface area (TPSA) is 12.0 Å². The summed E-state index contributed by atoms with van der Waals surface area (Å²) in [5, 5.41) is 3.55. The third kappa shape index (κ3) is 2.88. The van der Waals surface area contributed by atoms with E-state index in [1.807, 2.05) is 0 Å². The molecule has 70 valence electrons. The van der Waals surface area contributed by atoms with Crippen molar-refractivity contribution < 1.29 is 0 Å². The summed E-state index contributed by atoms with van der Waals surface area (Å²) < 4.78 is 0. The Bertz CT molecular complexity index is 168. The lowest BCUT2D eigenvalue weighted by Gasteiger charge is -2.15. The molecule has 1 aliphatic rings. The van der Waals surface area contributed by atoms with Crippen molar-refractivity contribution in [1.29, 1.82) is 0 Å². The monoisotopic (exact) mass is 167 g/mol. The van der Waals surface area contributed by atoms with E-state index in [1.54, 1.807) is 5.57 Å². The van der Waals surface area contributed by atoms with Gasteiger partial charge in [0.05, 0.1) is 0 Å². The molecule has 0 saturated carbocycles. The third-order valence-electron chi connectivity index (χ3n) is 2.46. The summed E-state index contributed by atoms with van der Waals surface area (Å²) >= 11 is 0. The Hall–Kier alpha value is -0.460. The number of rotatable bonds is 2. The maximum Gasteiger partial charge on any atom is 0.0201 e. The van der Waals surface area contributed by atoms with Crippen LogP contribution >= 0.6 is 0 Å². The lowest BCUT2D eigenvalue weighted by atomic mass is 10.1. The Morgan fingerprint density at radius 3 is 2.42 bits per heavy atom. The van der Waals surface area contributed by atoms with E-state index in [0.717, 1.165) is 0 Å². The lowest BCUT2D eigenvalue weighted by molar-refractivity contribution is 0.623. The molecular formula is C11H21N. The molecule has 0 saturated heterocycles. The number of hydrogen-bond acceptors (Lipinski definition) is 1. The summed E-state index contributed by atoms with van der Waals surface area (Å²) in [4.78, 5) is 0. The summed E-state index contributed by atoms with van der Waals surface area (Å²) in [7, 11) is 0. The number of nitrogens with one attached hydrogen (secondary N) is 1. The normalized spacial score (nSPS) is 19.7. The van der Waals surface area contributed by atoms with Crippen LogP contribution in [0.1, 0.15) is 52.9 Å². The molecule has 0 atom stereocenters. The molecule has 0 aliphatic heterocycles. The van der Waals surface area contributed by atoms with E-state index >= 15 is 0 Å². The van der Waals surface area contributed by atoms with E-state index in [-0.39, 0.29) is 0 Å². The summed E-state index contributed by atoms with van der Waals surface area (Å²) in [6.45, 7) is 6.70. The highest BCUT2D eigenvalue weighted by Crippen LogP contribution is 2.21. The van der Waals surface area contributed by atoms with Gasteiger partial charge in [0.1, 0.15) is 0 Å². The zero-order valence-corrected chi connectivity index (χ0v) is 8.61. The molecule has 1 nitrogen and oxygen atoms in total. The summed E-state index contributed by atoms with van der Waals surface area (Å²) in [6, 6.07) is 0.591. The molecule has 0 aromatic carbocycles. The summed E-state index contributed by atoms with van der Waals surface area (Å²) in [5.74, 6) is 0. The van der Waals surface area contributed by atoms with Crippen LogP contribution in [-0.2, 0) is 0 Å². The Labute approximate surface area is 76.2 Å². The first-order chi connectivity index (χ1) is 5.70. The predicted octanol–water partition coefficient (Wildman–Crippen LogP) is 3.22. The third-order valence-corrected chi connectivity index (χ3v) is 2.46. The standard InChI is InChI=1S/C11H21N/c1-9(2)12-11-8-6-4-5-7-10(11)3/h9,12H,4-8H2,1-3H3. The second-order valence-electron chi connectivity index (χ2n) is 4.12. The van der Waals surface area contributed by atoms with Gasteiger partial charge >= 0.3 is 0 Å². The van der Waals surface area contributed by atoms with E-state index < -0.39 is 0 Å². The molecule has 0 bridgehead atoms. The molecule has 0 aromatic heterocycles. The van der Waals surface area contributed by atoms with Crippen LogP contribution in [-0.4, -0.2) is 6.04 Å². The molecule has 0 unspecified atom stereocenters. The van der Waals surface area contributed by atoms with Crippen LogP contribution in [0.4, 0.5) is 0 Å². The van der Waals surface area contributed by atoms with Gasteiger partial charge in [-0.1, -0.05) is 12.0 Å². The maximum atomic E-state index is 3.55. The van der Waals surface area contributed by atoms with Crippen molar-refractivity contribution in [2.75, 3.05) is 0 Å². The fourth-order valence-electron chi connectivity index (χ4n) is 1.78. The molecule has 0 radical (unpaired) electrons. The summed E-state index contributed by atoms with van der Waals surface area (Å²) in [6.07, 6.45) is 6.72. The Morgan fingerprint density at radius 2 is 1.75 bits per heavy atom. The lowest BCUT2D eigenvalue weighted by Crippen LogP contribution is -2.22. The molecule has 1 rings (SSSR count). The van der Waals surface area contributed by atoms with Crippen LogP contribution in [0.25, 0.3) is 0 Å². The zero-order valence-electron chi connectivity index (χ0n) is 8.61. The highest BCUT2D eigenvalue weighted by Gasteiger charge is 2.07. The van der Waals surface area contributed by atoms with Crippen molar-refractivity contribution >= 4 is 0 Å². The quantitative estimate of drug-likeness (QED) is 0.666. The first-order valence-corrected chi connectivity index (χ1v) is 5.15. The minimum Gasteiger partial charge on any atom is -0.386 e. The van der Waals surface area contributed by atoms with Crippen molar-refractivity contribution in [2.45, 2.75) is 58.9 Å². The zero-order chi connectivity index (χ0) is 8.97. The average molecular weight is 167 g/mol. The molecule has 0 fully saturated rings. The van der Waals surface area contributed by atoms with Crippen LogP contribution in [0.5, 0.6) is 0 Å². The minimum atomic E-state index is 0.591. The van der Waals surface area contributed by atoms with E-state index in [0.29, 0.717) is 6.04 Å². The second kappa shape index (κ2) is 4.54. The van der Waals surface area contributed by atoms with E-state index in [4.69, 9.17) is 0 Å². The second-order valence-corrected chi connectivity index (χ2v) is 4.12. The van der Waals surface area contributed by atoms with Crippen molar-refractivity contribution in [1.82, 2.24) is 5.32 Å². The largest absolute Gasteiger partial charge is 0.386 e. The van der Waals surface area contributed by atoms with Crippen LogP contribution < -0.4 is 5.32 Å². The SMILES string of the molecule is CC1=C(NC(C)C)CCCCC1. The van der Waals surface area contributed by atoms with Gasteiger partial charge in [0, 0.05) is 11.7 Å².